The predicted molar refractivity (Wildman–Crippen MR) is 161 cm³/mol. The molecule has 3 aromatic rings. The van der Waals surface area contributed by atoms with Gasteiger partial charge in [0.15, 0.2) is 0 Å². The van der Waals surface area contributed by atoms with Gasteiger partial charge in [-0.05, 0) is 73.9 Å². The second-order valence-electron chi connectivity index (χ2n) is 9.85. The average molecular weight is 535 g/mol. The first-order chi connectivity index (χ1) is 17.4. The molecule has 0 bridgehead atoms. The quantitative estimate of drug-likeness (QED) is 0.143. The van der Waals surface area contributed by atoms with Crippen LogP contribution in [0.5, 0.6) is 0 Å². The molecular formula is C30H33Cl2N5. The molecular weight excluding hydrogens is 501 g/mol. The third-order valence-electron chi connectivity index (χ3n) is 6.94. The summed E-state index contributed by atoms with van der Waals surface area (Å²) < 4.78 is 0. The van der Waals surface area contributed by atoms with E-state index in [2.05, 4.69) is 74.7 Å². The molecule has 192 valence electrons. The van der Waals surface area contributed by atoms with Gasteiger partial charge in [-0.3, -0.25) is 0 Å². The standard InChI is InChI=1S/C30H33Cl2N5/c1-16-7-8-21(13-17(16)2)29-28(30(29,6)32)19(4)35-22-9-11-25(31)24(14-22)18(3)36-27-12-10-23(15-26(27)34)37-20(5)33/h7-15,28-29,35-37H,3-5,33-34H2,1-2,6H3. The Morgan fingerprint density at radius 3 is 2.22 bits per heavy atom. The summed E-state index contributed by atoms with van der Waals surface area (Å²) >= 11 is 13.5. The van der Waals surface area contributed by atoms with Crippen LogP contribution in [0.1, 0.15) is 35.1 Å². The molecule has 0 aromatic heterocycles. The van der Waals surface area contributed by atoms with Crippen molar-refractivity contribution < 1.29 is 0 Å². The molecule has 1 saturated carbocycles. The Labute approximate surface area is 229 Å². The van der Waals surface area contributed by atoms with E-state index in [1.54, 1.807) is 6.07 Å². The first-order valence-corrected chi connectivity index (χ1v) is 12.7. The Balaban J connectivity index is 1.48. The fourth-order valence-electron chi connectivity index (χ4n) is 4.77. The molecule has 3 atom stereocenters. The highest BCUT2D eigenvalue weighted by Crippen LogP contribution is 2.64. The van der Waals surface area contributed by atoms with Crippen LogP contribution in [0.2, 0.25) is 5.02 Å². The van der Waals surface area contributed by atoms with Gasteiger partial charge in [-0.1, -0.05) is 49.5 Å². The molecule has 3 aromatic carbocycles. The van der Waals surface area contributed by atoms with Crippen molar-refractivity contribution in [2.24, 2.45) is 11.7 Å². The summed E-state index contributed by atoms with van der Waals surface area (Å²) in [4.78, 5) is -0.402. The lowest BCUT2D eigenvalue weighted by Crippen LogP contribution is -2.08. The zero-order valence-corrected chi connectivity index (χ0v) is 22.9. The van der Waals surface area contributed by atoms with Crippen molar-refractivity contribution >= 4 is 51.6 Å². The van der Waals surface area contributed by atoms with Gasteiger partial charge in [-0.25, -0.2) is 0 Å². The lowest BCUT2D eigenvalue weighted by Gasteiger charge is -2.17. The molecule has 1 fully saturated rings. The number of hydrogen-bond donors (Lipinski definition) is 5. The molecule has 4 rings (SSSR count). The number of benzene rings is 3. The highest BCUT2D eigenvalue weighted by atomic mass is 35.5. The summed E-state index contributed by atoms with van der Waals surface area (Å²) in [6.45, 7) is 18.5. The molecule has 7 N–H and O–H groups in total. The molecule has 0 heterocycles. The van der Waals surface area contributed by atoms with E-state index < -0.39 is 4.87 Å². The Kier molecular flexibility index (Phi) is 7.22. The topological polar surface area (TPSA) is 88.1 Å². The van der Waals surface area contributed by atoms with Gasteiger partial charge in [0.05, 0.1) is 27.1 Å². The zero-order valence-electron chi connectivity index (χ0n) is 21.4. The Morgan fingerprint density at radius 2 is 1.57 bits per heavy atom. The number of nitrogens with one attached hydrogen (secondary N) is 3. The second kappa shape index (κ2) is 10.1. The van der Waals surface area contributed by atoms with Crippen LogP contribution in [0.15, 0.2) is 85.9 Å². The van der Waals surface area contributed by atoms with Gasteiger partial charge >= 0.3 is 0 Å². The number of nitrogen functional groups attached to an aromatic ring is 1. The molecule has 0 saturated heterocycles. The van der Waals surface area contributed by atoms with E-state index in [-0.39, 0.29) is 11.8 Å². The van der Waals surface area contributed by atoms with Crippen molar-refractivity contribution in [3.8, 4) is 0 Å². The third kappa shape index (κ3) is 5.58. The third-order valence-corrected chi connectivity index (χ3v) is 7.74. The van der Waals surface area contributed by atoms with E-state index >= 15 is 0 Å². The SMILES string of the molecule is C=C(N)Nc1ccc(NC(=C)c2cc(NC(=C)C3C(c4ccc(C)c(C)c4)C3(C)Cl)ccc2Cl)c(N)c1. The van der Waals surface area contributed by atoms with Crippen molar-refractivity contribution in [1.82, 2.24) is 0 Å². The minimum atomic E-state index is -0.402. The lowest BCUT2D eigenvalue weighted by atomic mass is 10.0. The first-order valence-electron chi connectivity index (χ1n) is 12.0. The number of alkyl halides is 1. The maximum Gasteiger partial charge on any atom is 0.0930 e. The zero-order chi connectivity index (χ0) is 27.1. The molecule has 3 unspecified atom stereocenters. The van der Waals surface area contributed by atoms with Crippen molar-refractivity contribution in [2.45, 2.75) is 31.6 Å². The predicted octanol–water partition coefficient (Wildman–Crippen LogP) is 7.80. The van der Waals surface area contributed by atoms with Crippen LogP contribution in [-0.4, -0.2) is 4.87 Å². The maximum absolute atomic E-state index is 6.94. The molecule has 7 heteroatoms. The number of rotatable bonds is 9. The van der Waals surface area contributed by atoms with E-state index in [1.807, 2.05) is 30.3 Å². The van der Waals surface area contributed by atoms with Crippen molar-refractivity contribution in [1.29, 1.82) is 0 Å². The summed E-state index contributed by atoms with van der Waals surface area (Å²) in [6.07, 6.45) is 0. The number of hydrogen-bond acceptors (Lipinski definition) is 5. The highest BCUT2D eigenvalue weighted by molar-refractivity contribution is 6.32. The summed E-state index contributed by atoms with van der Waals surface area (Å²) in [6, 6.07) is 17.7. The molecule has 0 amide bonds. The number of nitrogens with two attached hydrogens (primary N) is 2. The van der Waals surface area contributed by atoms with E-state index in [0.717, 1.165) is 22.6 Å². The first kappa shape index (κ1) is 26.5. The van der Waals surface area contributed by atoms with Crippen LogP contribution in [-0.2, 0) is 0 Å². The second-order valence-corrected chi connectivity index (χ2v) is 11.1. The molecule has 0 spiro atoms. The molecule has 0 radical (unpaired) electrons. The minimum Gasteiger partial charge on any atom is -0.397 e. The van der Waals surface area contributed by atoms with Crippen molar-refractivity contribution in [3.05, 3.63) is 113 Å². The van der Waals surface area contributed by atoms with Gasteiger partial charge in [-0.2, -0.15) is 0 Å². The van der Waals surface area contributed by atoms with Crippen molar-refractivity contribution in [3.63, 3.8) is 0 Å². The fourth-order valence-corrected chi connectivity index (χ4v) is 5.45. The van der Waals surface area contributed by atoms with Crippen molar-refractivity contribution in [2.75, 3.05) is 21.7 Å². The van der Waals surface area contributed by atoms with Crippen LogP contribution in [0.25, 0.3) is 5.70 Å². The van der Waals surface area contributed by atoms with Crippen LogP contribution in [0.3, 0.4) is 0 Å². The number of aryl methyl sites for hydroxylation is 2. The molecule has 0 aliphatic heterocycles. The smallest absolute Gasteiger partial charge is 0.0930 e. The fraction of sp³-hybridized carbons (Fsp3) is 0.200. The lowest BCUT2D eigenvalue weighted by molar-refractivity contribution is 0.898. The van der Waals surface area contributed by atoms with Gasteiger partial charge in [0, 0.05) is 40.2 Å². The Hall–Kier alpha value is -3.54. The average Bonchev–Trinajstić information content (AvgIpc) is 3.40. The van der Waals surface area contributed by atoms with Gasteiger partial charge in [0.2, 0.25) is 0 Å². The van der Waals surface area contributed by atoms with Crippen LogP contribution in [0.4, 0.5) is 22.7 Å². The van der Waals surface area contributed by atoms with Gasteiger partial charge < -0.3 is 27.4 Å². The van der Waals surface area contributed by atoms with Gasteiger partial charge in [0.1, 0.15) is 0 Å². The Bertz CT molecular complexity index is 1410. The summed E-state index contributed by atoms with van der Waals surface area (Å²) in [5.41, 5.74) is 20.6. The summed E-state index contributed by atoms with van der Waals surface area (Å²) in [7, 11) is 0. The number of anilines is 4. The summed E-state index contributed by atoms with van der Waals surface area (Å²) in [5, 5.41) is 10.2. The number of allylic oxidation sites excluding steroid dienone is 1. The van der Waals surface area contributed by atoms with Gasteiger partial charge in [0.25, 0.3) is 0 Å². The summed E-state index contributed by atoms with van der Waals surface area (Å²) in [5.74, 6) is 0.616. The highest BCUT2D eigenvalue weighted by Gasteiger charge is 2.62. The molecule has 1 aliphatic carbocycles. The monoisotopic (exact) mass is 533 g/mol. The maximum atomic E-state index is 6.94. The van der Waals surface area contributed by atoms with E-state index in [9.17, 15) is 0 Å². The molecule has 1 aliphatic rings. The number of halogens is 2. The van der Waals surface area contributed by atoms with Crippen LogP contribution < -0.4 is 27.4 Å². The Morgan fingerprint density at radius 1 is 0.892 bits per heavy atom. The van der Waals surface area contributed by atoms with E-state index in [0.29, 0.717) is 27.9 Å². The van der Waals surface area contributed by atoms with Gasteiger partial charge in [-0.15, -0.1) is 11.6 Å². The molecule has 5 nitrogen and oxygen atoms in total. The molecule has 37 heavy (non-hydrogen) atoms. The largest absolute Gasteiger partial charge is 0.397 e. The van der Waals surface area contributed by atoms with Crippen LogP contribution in [0, 0.1) is 19.8 Å². The van der Waals surface area contributed by atoms with E-state index in [4.69, 9.17) is 34.7 Å². The normalized spacial score (nSPS) is 20.1. The van der Waals surface area contributed by atoms with Crippen LogP contribution >= 0.6 is 23.2 Å². The van der Waals surface area contributed by atoms with E-state index in [1.165, 1.54) is 16.7 Å². The minimum absolute atomic E-state index is 0.0910.